The number of ether oxygens (including phenoxy) is 1. The molecule has 8 heteroatoms. The van der Waals surface area contributed by atoms with E-state index in [1.165, 1.54) is 64.2 Å². The third kappa shape index (κ3) is 20.3. The molecule has 0 aliphatic carbocycles. The summed E-state index contributed by atoms with van der Waals surface area (Å²) in [6.07, 6.45) is 15.9. The number of unbranched alkanes of at least 4 members (excludes halogenated alkanes) is 11. The number of hydrogen-bond donors (Lipinski definition) is 2. The smallest absolute Gasteiger partial charge is 0.466 e. The molecule has 0 bridgehead atoms. The minimum absolute atomic E-state index is 0.00969. The standard InChI is InChI=1S/C20H42NO6P/c1-2-3-4-5-6-7-8-9-10-11-12-13-15-20(22)25-17-14-18-26-28(23,24)27-19-16-21/h2-19,21H2,1H3,(H,23,24). The quantitative estimate of drug-likeness (QED) is 0.150. The first-order valence-electron chi connectivity index (χ1n) is 11.0. The fourth-order valence-corrected chi connectivity index (χ4v) is 3.58. The molecule has 0 aliphatic heterocycles. The Morgan fingerprint density at radius 2 is 1.29 bits per heavy atom. The van der Waals surface area contributed by atoms with Crippen LogP contribution in [0.4, 0.5) is 0 Å². The fraction of sp³-hybridized carbons (Fsp3) is 0.950. The largest absolute Gasteiger partial charge is 0.472 e. The van der Waals surface area contributed by atoms with Gasteiger partial charge in [-0.3, -0.25) is 13.8 Å². The predicted molar refractivity (Wildman–Crippen MR) is 112 cm³/mol. The van der Waals surface area contributed by atoms with Crippen LogP contribution in [0.15, 0.2) is 0 Å². The number of rotatable bonds is 21. The fourth-order valence-electron chi connectivity index (χ4n) is 2.81. The van der Waals surface area contributed by atoms with E-state index in [-0.39, 0.29) is 32.3 Å². The van der Waals surface area contributed by atoms with Gasteiger partial charge < -0.3 is 15.4 Å². The van der Waals surface area contributed by atoms with Crippen molar-refractivity contribution in [3.8, 4) is 0 Å². The Hall–Kier alpha value is -0.460. The number of phosphoric ester groups is 1. The minimum atomic E-state index is -4.04. The number of phosphoric acid groups is 1. The van der Waals surface area contributed by atoms with E-state index in [9.17, 15) is 14.3 Å². The first kappa shape index (κ1) is 27.5. The molecule has 0 saturated carbocycles. The summed E-state index contributed by atoms with van der Waals surface area (Å²) in [4.78, 5) is 20.9. The van der Waals surface area contributed by atoms with Crippen LogP contribution < -0.4 is 5.73 Å². The second-order valence-corrected chi connectivity index (χ2v) is 8.59. The van der Waals surface area contributed by atoms with Crippen LogP contribution >= 0.6 is 7.82 Å². The van der Waals surface area contributed by atoms with Crippen molar-refractivity contribution in [1.29, 1.82) is 0 Å². The Bertz CT molecular complexity index is 408. The zero-order valence-electron chi connectivity index (χ0n) is 17.7. The Morgan fingerprint density at radius 3 is 1.82 bits per heavy atom. The van der Waals surface area contributed by atoms with Gasteiger partial charge in [0.2, 0.25) is 0 Å². The maximum Gasteiger partial charge on any atom is 0.472 e. The number of carbonyl (C=O) groups is 1. The molecule has 0 heterocycles. The summed E-state index contributed by atoms with van der Waals surface area (Å²) in [5.74, 6) is -0.223. The molecule has 0 amide bonds. The predicted octanol–water partition coefficient (Wildman–Crippen LogP) is 5.10. The molecule has 0 aromatic carbocycles. The first-order chi connectivity index (χ1) is 13.5. The van der Waals surface area contributed by atoms with Crippen molar-refractivity contribution in [2.75, 3.05) is 26.4 Å². The monoisotopic (exact) mass is 423 g/mol. The molecule has 1 atom stereocenters. The van der Waals surface area contributed by atoms with Gasteiger partial charge >= 0.3 is 13.8 Å². The van der Waals surface area contributed by atoms with Crippen molar-refractivity contribution in [3.05, 3.63) is 0 Å². The summed E-state index contributed by atoms with van der Waals surface area (Å²) in [6, 6.07) is 0. The van der Waals surface area contributed by atoms with Crippen molar-refractivity contribution < 1.29 is 28.0 Å². The van der Waals surface area contributed by atoms with E-state index in [1.807, 2.05) is 0 Å². The molecule has 28 heavy (non-hydrogen) atoms. The van der Waals surface area contributed by atoms with Gasteiger partial charge in [-0.15, -0.1) is 0 Å². The molecule has 0 aromatic heterocycles. The van der Waals surface area contributed by atoms with E-state index >= 15 is 0 Å². The summed E-state index contributed by atoms with van der Waals surface area (Å²) in [7, 11) is -4.04. The molecule has 0 spiro atoms. The van der Waals surface area contributed by atoms with Gasteiger partial charge in [-0.2, -0.15) is 0 Å². The second-order valence-electron chi connectivity index (χ2n) is 7.14. The van der Waals surface area contributed by atoms with Gasteiger partial charge in [0.15, 0.2) is 0 Å². The van der Waals surface area contributed by atoms with Crippen LogP contribution in [0.5, 0.6) is 0 Å². The normalized spacial score (nSPS) is 13.4. The maximum absolute atomic E-state index is 11.6. The minimum Gasteiger partial charge on any atom is -0.466 e. The first-order valence-corrected chi connectivity index (χ1v) is 12.5. The molecule has 1 unspecified atom stereocenters. The molecular formula is C20H42NO6P. The van der Waals surface area contributed by atoms with Gasteiger partial charge in [0.25, 0.3) is 0 Å². The van der Waals surface area contributed by atoms with Gasteiger partial charge in [0, 0.05) is 19.4 Å². The zero-order chi connectivity index (χ0) is 20.9. The van der Waals surface area contributed by atoms with E-state index < -0.39 is 7.82 Å². The van der Waals surface area contributed by atoms with Crippen molar-refractivity contribution in [2.24, 2.45) is 5.73 Å². The summed E-state index contributed by atoms with van der Waals surface area (Å²) in [6.45, 7) is 2.51. The Morgan fingerprint density at radius 1 is 0.786 bits per heavy atom. The highest BCUT2D eigenvalue weighted by molar-refractivity contribution is 7.47. The molecular weight excluding hydrogens is 381 g/mol. The topological polar surface area (TPSA) is 108 Å². The lowest BCUT2D eigenvalue weighted by molar-refractivity contribution is -0.144. The number of nitrogens with two attached hydrogens (primary N) is 1. The number of esters is 1. The van der Waals surface area contributed by atoms with Gasteiger partial charge in [0.1, 0.15) is 0 Å². The van der Waals surface area contributed by atoms with E-state index in [1.54, 1.807) is 0 Å². The van der Waals surface area contributed by atoms with Crippen LogP contribution in [0.2, 0.25) is 0 Å². The molecule has 0 radical (unpaired) electrons. The lowest BCUT2D eigenvalue weighted by Gasteiger charge is -2.11. The van der Waals surface area contributed by atoms with Gasteiger partial charge in [-0.25, -0.2) is 4.57 Å². The van der Waals surface area contributed by atoms with Crippen molar-refractivity contribution in [2.45, 2.75) is 96.8 Å². The van der Waals surface area contributed by atoms with E-state index in [0.29, 0.717) is 12.8 Å². The van der Waals surface area contributed by atoms with Gasteiger partial charge in [-0.1, -0.05) is 77.6 Å². The van der Waals surface area contributed by atoms with Crippen LogP contribution in [-0.4, -0.2) is 37.2 Å². The van der Waals surface area contributed by atoms with Crippen LogP contribution in [-0.2, 0) is 23.1 Å². The summed E-state index contributed by atoms with van der Waals surface area (Å²) in [5.41, 5.74) is 5.18. The highest BCUT2D eigenvalue weighted by Gasteiger charge is 2.19. The highest BCUT2D eigenvalue weighted by atomic mass is 31.2. The average Bonchev–Trinajstić information content (AvgIpc) is 2.67. The molecule has 7 nitrogen and oxygen atoms in total. The molecule has 0 saturated heterocycles. The molecule has 3 N–H and O–H groups in total. The summed E-state index contributed by atoms with van der Waals surface area (Å²) >= 11 is 0. The van der Waals surface area contributed by atoms with Crippen LogP contribution in [0.3, 0.4) is 0 Å². The maximum atomic E-state index is 11.6. The molecule has 0 aliphatic rings. The van der Waals surface area contributed by atoms with Crippen molar-refractivity contribution in [1.82, 2.24) is 0 Å². The lowest BCUT2D eigenvalue weighted by Crippen LogP contribution is -2.10. The molecule has 0 aromatic rings. The van der Waals surface area contributed by atoms with Crippen molar-refractivity contribution in [3.63, 3.8) is 0 Å². The summed E-state index contributed by atoms with van der Waals surface area (Å²) < 4.78 is 25.8. The van der Waals surface area contributed by atoms with Crippen LogP contribution in [0, 0.1) is 0 Å². The average molecular weight is 424 g/mol. The van der Waals surface area contributed by atoms with Gasteiger partial charge in [0.05, 0.1) is 19.8 Å². The Labute approximate surface area is 171 Å². The van der Waals surface area contributed by atoms with Gasteiger partial charge in [-0.05, 0) is 6.42 Å². The summed E-state index contributed by atoms with van der Waals surface area (Å²) in [5, 5.41) is 0. The highest BCUT2D eigenvalue weighted by Crippen LogP contribution is 2.42. The Balaban J connectivity index is 3.32. The lowest BCUT2D eigenvalue weighted by atomic mass is 10.0. The third-order valence-electron chi connectivity index (χ3n) is 4.41. The molecule has 0 fully saturated rings. The van der Waals surface area contributed by atoms with E-state index in [4.69, 9.17) is 15.0 Å². The zero-order valence-corrected chi connectivity index (χ0v) is 18.6. The SMILES string of the molecule is CCCCCCCCCCCCCCC(=O)OCCCOP(=O)(O)OCCN. The third-order valence-corrected chi connectivity index (χ3v) is 5.43. The second kappa shape index (κ2) is 19.8. The molecule has 168 valence electrons. The van der Waals surface area contributed by atoms with Crippen molar-refractivity contribution >= 4 is 13.8 Å². The molecule has 0 rings (SSSR count). The number of carbonyl (C=O) groups excluding carboxylic acids is 1. The van der Waals surface area contributed by atoms with E-state index in [0.717, 1.165) is 12.8 Å². The number of hydrogen-bond acceptors (Lipinski definition) is 6. The van der Waals surface area contributed by atoms with Crippen LogP contribution in [0.1, 0.15) is 96.8 Å². The Kier molecular flexibility index (Phi) is 19.5. The van der Waals surface area contributed by atoms with Crippen LogP contribution in [0.25, 0.3) is 0 Å². The van der Waals surface area contributed by atoms with E-state index in [2.05, 4.69) is 11.4 Å².